The van der Waals surface area contributed by atoms with Crippen LogP contribution in [0, 0.1) is 6.92 Å². The van der Waals surface area contributed by atoms with Gasteiger partial charge in [0.2, 0.25) is 0 Å². The minimum Gasteiger partial charge on any atom is -0.269 e. The largest absolute Gasteiger partial charge is 0.269 e. The lowest BCUT2D eigenvalue weighted by atomic mass is 10.1. The minimum absolute atomic E-state index is 0.0217. The molecule has 0 aromatic carbocycles. The molecule has 0 spiro atoms. The van der Waals surface area contributed by atoms with E-state index in [1.807, 2.05) is 42.8 Å². The second-order valence-electron chi connectivity index (χ2n) is 4.54. The maximum Gasteiger partial charge on any atom is 0.261 e. The van der Waals surface area contributed by atoms with Crippen molar-refractivity contribution in [3.63, 3.8) is 0 Å². The summed E-state index contributed by atoms with van der Waals surface area (Å²) in [5.41, 5.74) is 3.13. The van der Waals surface area contributed by atoms with E-state index in [9.17, 15) is 4.79 Å². The highest BCUT2D eigenvalue weighted by molar-refractivity contribution is 7.13. The smallest absolute Gasteiger partial charge is 0.261 e. The maximum atomic E-state index is 12.5. The molecule has 3 rings (SSSR count). The molecule has 102 valence electrons. The van der Waals surface area contributed by atoms with Gasteiger partial charge < -0.3 is 0 Å². The quantitative estimate of drug-likeness (QED) is 0.694. The van der Waals surface area contributed by atoms with Gasteiger partial charge in [-0.25, -0.2) is 4.98 Å². The van der Waals surface area contributed by atoms with Crippen molar-refractivity contribution in [1.29, 1.82) is 0 Å². The number of aromatic nitrogens is 2. The highest BCUT2D eigenvalue weighted by atomic mass is 35.5. The van der Waals surface area contributed by atoms with Crippen LogP contribution in [0.5, 0.6) is 0 Å². The minimum atomic E-state index is -0.0217. The van der Waals surface area contributed by atoms with Gasteiger partial charge in [-0.3, -0.25) is 9.20 Å². The number of halogens is 1. The van der Waals surface area contributed by atoms with E-state index in [1.165, 1.54) is 0 Å². The third-order valence-electron chi connectivity index (χ3n) is 3.27. The van der Waals surface area contributed by atoms with Crippen molar-refractivity contribution >= 4 is 28.6 Å². The Hall–Kier alpha value is -1.65. The molecule has 0 saturated carbocycles. The topological polar surface area (TPSA) is 34.4 Å². The van der Waals surface area contributed by atoms with E-state index in [-0.39, 0.29) is 5.56 Å². The lowest BCUT2D eigenvalue weighted by Gasteiger charge is -2.08. The molecule has 5 heteroatoms. The van der Waals surface area contributed by atoms with Gasteiger partial charge in [0.25, 0.3) is 5.56 Å². The van der Waals surface area contributed by atoms with Gasteiger partial charge in [-0.05, 0) is 36.9 Å². The van der Waals surface area contributed by atoms with Crippen LogP contribution in [0.3, 0.4) is 0 Å². The van der Waals surface area contributed by atoms with Crippen molar-refractivity contribution in [3.8, 4) is 10.4 Å². The van der Waals surface area contributed by atoms with Gasteiger partial charge >= 0.3 is 0 Å². The molecular formula is C15H13ClN2OS. The summed E-state index contributed by atoms with van der Waals surface area (Å²) in [6.07, 6.45) is 2.40. The Labute approximate surface area is 125 Å². The fourth-order valence-corrected chi connectivity index (χ4v) is 3.16. The first-order chi connectivity index (χ1) is 9.70. The molecule has 0 N–H and O–H groups in total. The molecule has 0 aliphatic carbocycles. The fourth-order valence-electron chi connectivity index (χ4n) is 2.26. The van der Waals surface area contributed by atoms with Crippen LogP contribution < -0.4 is 5.56 Å². The molecule has 0 radical (unpaired) electrons. The van der Waals surface area contributed by atoms with E-state index in [4.69, 9.17) is 11.6 Å². The molecule has 0 bridgehead atoms. The summed E-state index contributed by atoms with van der Waals surface area (Å²) in [7, 11) is 0. The van der Waals surface area contributed by atoms with Crippen molar-refractivity contribution < 1.29 is 0 Å². The summed E-state index contributed by atoms with van der Waals surface area (Å²) in [6.45, 7) is 1.86. The summed E-state index contributed by atoms with van der Waals surface area (Å²) in [5.74, 6) is 0.425. The van der Waals surface area contributed by atoms with Gasteiger partial charge in [-0.1, -0.05) is 6.07 Å². The van der Waals surface area contributed by atoms with Crippen molar-refractivity contribution in [3.05, 3.63) is 57.5 Å². The van der Waals surface area contributed by atoms with E-state index in [2.05, 4.69) is 4.98 Å². The van der Waals surface area contributed by atoms with E-state index >= 15 is 0 Å². The first kappa shape index (κ1) is 13.3. The Balaban J connectivity index is 2.25. The van der Waals surface area contributed by atoms with Crippen LogP contribution in [0.15, 0.2) is 40.6 Å². The van der Waals surface area contributed by atoms with Gasteiger partial charge in [0.1, 0.15) is 5.65 Å². The van der Waals surface area contributed by atoms with Crippen LogP contribution in [0.1, 0.15) is 11.3 Å². The monoisotopic (exact) mass is 304 g/mol. The van der Waals surface area contributed by atoms with Crippen LogP contribution in [-0.2, 0) is 6.42 Å². The second-order valence-corrected chi connectivity index (χ2v) is 5.87. The molecule has 0 atom stereocenters. The number of hydrogen-bond donors (Lipinski definition) is 0. The van der Waals surface area contributed by atoms with Gasteiger partial charge in [0, 0.05) is 33.8 Å². The first-order valence-electron chi connectivity index (χ1n) is 6.32. The average molecular weight is 305 g/mol. The Morgan fingerprint density at radius 1 is 1.35 bits per heavy atom. The Kier molecular flexibility index (Phi) is 3.59. The molecule has 3 heterocycles. The van der Waals surface area contributed by atoms with Crippen molar-refractivity contribution in [2.75, 3.05) is 5.88 Å². The zero-order valence-corrected chi connectivity index (χ0v) is 12.5. The van der Waals surface area contributed by atoms with Crippen LogP contribution >= 0.6 is 22.9 Å². The highest BCUT2D eigenvalue weighted by Crippen LogP contribution is 2.24. The van der Waals surface area contributed by atoms with Crippen molar-refractivity contribution in [2.45, 2.75) is 13.3 Å². The Morgan fingerprint density at radius 2 is 2.20 bits per heavy atom. The molecule has 0 fully saturated rings. The van der Waals surface area contributed by atoms with E-state index in [0.717, 1.165) is 16.1 Å². The van der Waals surface area contributed by atoms with E-state index in [0.29, 0.717) is 23.5 Å². The summed E-state index contributed by atoms with van der Waals surface area (Å²) in [6, 6.07) is 7.92. The normalized spacial score (nSPS) is 11.1. The number of fused-ring (bicyclic) bond motifs is 1. The molecule has 20 heavy (non-hydrogen) atoms. The van der Waals surface area contributed by atoms with Gasteiger partial charge in [-0.2, -0.15) is 0 Å². The second kappa shape index (κ2) is 5.38. The summed E-state index contributed by atoms with van der Waals surface area (Å²) in [4.78, 5) is 18.2. The van der Waals surface area contributed by atoms with Crippen molar-refractivity contribution in [2.24, 2.45) is 0 Å². The summed E-state index contributed by atoms with van der Waals surface area (Å²) in [5, 5.41) is 2.02. The zero-order chi connectivity index (χ0) is 14.1. The SMILES string of the molecule is Cc1nc2ccc(-c3cccs3)cn2c(=O)c1CCCl. The Bertz CT molecular complexity index is 809. The standard InChI is InChI=1S/C15H13ClN2OS/c1-10-12(6-7-16)15(19)18-9-11(4-5-14(18)17-10)13-3-2-8-20-13/h2-5,8-9H,6-7H2,1H3. The third kappa shape index (κ3) is 2.25. The number of nitrogens with zero attached hydrogens (tertiary/aromatic N) is 2. The third-order valence-corrected chi connectivity index (χ3v) is 4.38. The predicted octanol–water partition coefficient (Wildman–Crippen LogP) is 3.51. The Morgan fingerprint density at radius 3 is 2.90 bits per heavy atom. The van der Waals surface area contributed by atoms with Crippen LogP contribution in [0.2, 0.25) is 0 Å². The molecular weight excluding hydrogens is 292 g/mol. The number of alkyl halides is 1. The average Bonchev–Trinajstić information content (AvgIpc) is 2.97. The van der Waals surface area contributed by atoms with E-state index < -0.39 is 0 Å². The number of thiophene rings is 1. The predicted molar refractivity (Wildman–Crippen MR) is 83.9 cm³/mol. The van der Waals surface area contributed by atoms with Gasteiger partial charge in [0.15, 0.2) is 0 Å². The van der Waals surface area contributed by atoms with Crippen LogP contribution in [0.4, 0.5) is 0 Å². The maximum absolute atomic E-state index is 12.5. The first-order valence-corrected chi connectivity index (χ1v) is 7.74. The van der Waals surface area contributed by atoms with Gasteiger partial charge in [0.05, 0.1) is 0 Å². The molecule has 0 aliphatic heterocycles. The molecule has 3 aromatic heterocycles. The molecule has 0 aliphatic rings. The zero-order valence-electron chi connectivity index (χ0n) is 11.0. The van der Waals surface area contributed by atoms with E-state index in [1.54, 1.807) is 15.7 Å². The lowest BCUT2D eigenvalue weighted by Crippen LogP contribution is -2.22. The summed E-state index contributed by atoms with van der Waals surface area (Å²) < 4.78 is 1.62. The molecule has 3 nitrogen and oxygen atoms in total. The molecule has 0 unspecified atom stereocenters. The van der Waals surface area contributed by atoms with Crippen LogP contribution in [0.25, 0.3) is 16.1 Å². The number of aryl methyl sites for hydroxylation is 1. The lowest BCUT2D eigenvalue weighted by molar-refractivity contribution is 0.940. The number of rotatable bonds is 3. The summed E-state index contributed by atoms with van der Waals surface area (Å²) >= 11 is 7.42. The number of pyridine rings is 1. The van der Waals surface area contributed by atoms with Crippen LogP contribution in [-0.4, -0.2) is 15.3 Å². The fraction of sp³-hybridized carbons (Fsp3) is 0.200. The molecule has 0 amide bonds. The van der Waals surface area contributed by atoms with Crippen molar-refractivity contribution in [1.82, 2.24) is 9.38 Å². The molecule has 0 saturated heterocycles. The number of hydrogen-bond acceptors (Lipinski definition) is 3. The molecule has 3 aromatic rings. The highest BCUT2D eigenvalue weighted by Gasteiger charge is 2.10. The van der Waals surface area contributed by atoms with Gasteiger partial charge in [-0.15, -0.1) is 22.9 Å².